The molecule has 0 aromatic heterocycles. The summed E-state index contributed by atoms with van der Waals surface area (Å²) in [5.74, 6) is -1.17. The van der Waals surface area contributed by atoms with Gasteiger partial charge in [-0.2, -0.15) is 22.0 Å². The Kier molecular flexibility index (Phi) is 10.1. The van der Waals surface area contributed by atoms with Crippen LogP contribution < -0.4 is 4.74 Å². The van der Waals surface area contributed by atoms with Gasteiger partial charge in [-0.15, -0.1) is 0 Å². The van der Waals surface area contributed by atoms with Gasteiger partial charge in [0, 0.05) is 0 Å². The molecule has 0 radical (unpaired) electrons. The van der Waals surface area contributed by atoms with Gasteiger partial charge < -0.3 is 4.74 Å². The largest absolute Gasteiger partial charge is 0.429 e. The summed E-state index contributed by atoms with van der Waals surface area (Å²) in [5, 5.41) is 0. The summed E-state index contributed by atoms with van der Waals surface area (Å²) in [4.78, 5) is 0. The molecule has 1 saturated carbocycles. The highest BCUT2D eigenvalue weighted by atomic mass is 19.4. The molecular formula is C30H36F6O. The SMILES string of the molecule is CCCC=Cc1ccc(C(F)(F)Oc2ccc(C3CCC(CCCCC)CC3)cc2)c(F)c1C(F)(F)F. The maximum Gasteiger partial charge on any atom is 0.429 e. The topological polar surface area (TPSA) is 9.23 Å². The highest BCUT2D eigenvalue weighted by molar-refractivity contribution is 5.56. The van der Waals surface area contributed by atoms with E-state index in [1.165, 1.54) is 43.9 Å². The first-order valence-electron chi connectivity index (χ1n) is 13.3. The van der Waals surface area contributed by atoms with Crippen molar-refractivity contribution in [1.29, 1.82) is 0 Å². The van der Waals surface area contributed by atoms with E-state index in [1.54, 1.807) is 12.1 Å². The predicted molar refractivity (Wildman–Crippen MR) is 135 cm³/mol. The van der Waals surface area contributed by atoms with Gasteiger partial charge in [-0.25, -0.2) is 4.39 Å². The second-order valence-corrected chi connectivity index (χ2v) is 9.98. The summed E-state index contributed by atoms with van der Waals surface area (Å²) >= 11 is 0. The molecule has 2 aromatic carbocycles. The summed E-state index contributed by atoms with van der Waals surface area (Å²) in [5.41, 5.74) is -2.64. The van der Waals surface area contributed by atoms with E-state index in [9.17, 15) is 26.3 Å². The lowest BCUT2D eigenvalue weighted by atomic mass is 9.77. The van der Waals surface area contributed by atoms with Crippen molar-refractivity contribution in [1.82, 2.24) is 0 Å². The van der Waals surface area contributed by atoms with Crippen molar-refractivity contribution in [3.63, 3.8) is 0 Å². The van der Waals surface area contributed by atoms with E-state index < -0.39 is 34.8 Å². The Bertz CT molecular complexity index is 1020. The monoisotopic (exact) mass is 526 g/mol. The molecule has 3 rings (SSSR count). The van der Waals surface area contributed by atoms with Crippen molar-refractivity contribution in [2.45, 2.75) is 96.3 Å². The Morgan fingerprint density at radius 2 is 1.54 bits per heavy atom. The lowest BCUT2D eigenvalue weighted by molar-refractivity contribution is -0.188. The lowest BCUT2D eigenvalue weighted by Gasteiger charge is -2.29. The molecule has 204 valence electrons. The fourth-order valence-electron chi connectivity index (χ4n) is 5.10. The van der Waals surface area contributed by atoms with Gasteiger partial charge >= 0.3 is 12.3 Å². The number of hydrogen-bond donors (Lipinski definition) is 0. The van der Waals surface area contributed by atoms with E-state index in [-0.39, 0.29) is 5.75 Å². The molecule has 0 bridgehead atoms. The first kappa shape index (κ1) is 29.1. The number of allylic oxidation sites excluding steroid dienone is 1. The van der Waals surface area contributed by atoms with Crippen molar-refractivity contribution >= 4 is 6.08 Å². The first-order chi connectivity index (χ1) is 17.6. The number of unbranched alkanes of at least 4 members (excludes halogenated alkanes) is 3. The Hall–Kier alpha value is -2.44. The van der Waals surface area contributed by atoms with Gasteiger partial charge in [-0.1, -0.05) is 76.3 Å². The van der Waals surface area contributed by atoms with Crippen LogP contribution in [0.4, 0.5) is 26.3 Å². The Morgan fingerprint density at radius 3 is 2.14 bits per heavy atom. The molecule has 0 amide bonds. The molecule has 1 fully saturated rings. The van der Waals surface area contributed by atoms with Crippen molar-refractivity contribution < 1.29 is 31.1 Å². The zero-order valence-corrected chi connectivity index (χ0v) is 21.5. The van der Waals surface area contributed by atoms with Crippen LogP contribution in [0.2, 0.25) is 0 Å². The molecule has 2 aromatic rings. The number of benzene rings is 2. The van der Waals surface area contributed by atoms with E-state index in [2.05, 4.69) is 6.92 Å². The van der Waals surface area contributed by atoms with Gasteiger partial charge in [0.05, 0.1) is 5.56 Å². The first-order valence-corrected chi connectivity index (χ1v) is 13.3. The van der Waals surface area contributed by atoms with Crippen LogP contribution in [0, 0.1) is 11.7 Å². The van der Waals surface area contributed by atoms with Crippen LogP contribution in [0.3, 0.4) is 0 Å². The van der Waals surface area contributed by atoms with E-state index in [1.807, 2.05) is 6.92 Å². The van der Waals surface area contributed by atoms with Crippen molar-refractivity contribution in [3.05, 3.63) is 70.5 Å². The van der Waals surface area contributed by atoms with E-state index in [0.29, 0.717) is 24.8 Å². The fraction of sp³-hybridized carbons (Fsp3) is 0.533. The van der Waals surface area contributed by atoms with Crippen LogP contribution in [0.15, 0.2) is 42.5 Å². The quantitative estimate of drug-likeness (QED) is 0.209. The van der Waals surface area contributed by atoms with Gasteiger partial charge in [-0.3, -0.25) is 0 Å². The van der Waals surface area contributed by atoms with Gasteiger partial charge in [0.2, 0.25) is 0 Å². The summed E-state index contributed by atoms with van der Waals surface area (Å²) in [7, 11) is 0. The Balaban J connectivity index is 1.72. The third-order valence-electron chi connectivity index (χ3n) is 7.18. The van der Waals surface area contributed by atoms with Crippen LogP contribution in [0.1, 0.15) is 106 Å². The van der Waals surface area contributed by atoms with Crippen LogP contribution >= 0.6 is 0 Å². The van der Waals surface area contributed by atoms with Crippen LogP contribution in [0.5, 0.6) is 5.75 Å². The minimum absolute atomic E-state index is 0.234. The number of rotatable bonds is 11. The molecule has 1 nitrogen and oxygen atoms in total. The Morgan fingerprint density at radius 1 is 0.865 bits per heavy atom. The molecule has 0 aliphatic heterocycles. The average Bonchev–Trinajstić information content (AvgIpc) is 2.84. The van der Waals surface area contributed by atoms with Crippen molar-refractivity contribution in [3.8, 4) is 5.75 Å². The van der Waals surface area contributed by atoms with Crippen LogP contribution in [-0.2, 0) is 12.3 Å². The fourth-order valence-corrected chi connectivity index (χ4v) is 5.10. The number of hydrogen-bond acceptors (Lipinski definition) is 1. The van der Waals surface area contributed by atoms with E-state index >= 15 is 0 Å². The third-order valence-corrected chi connectivity index (χ3v) is 7.18. The maximum absolute atomic E-state index is 14.9. The van der Waals surface area contributed by atoms with Gasteiger partial charge in [-0.05, 0) is 73.3 Å². The minimum atomic E-state index is -5.14. The van der Waals surface area contributed by atoms with E-state index in [4.69, 9.17) is 4.74 Å². The van der Waals surface area contributed by atoms with Gasteiger partial charge in [0.1, 0.15) is 17.1 Å². The number of alkyl halides is 5. The summed E-state index contributed by atoms with van der Waals surface area (Å²) in [6, 6.07) is 7.69. The average molecular weight is 527 g/mol. The highest BCUT2D eigenvalue weighted by Gasteiger charge is 2.44. The molecule has 1 aliphatic rings. The van der Waals surface area contributed by atoms with E-state index in [0.717, 1.165) is 49.3 Å². The molecule has 37 heavy (non-hydrogen) atoms. The zero-order valence-electron chi connectivity index (χ0n) is 21.5. The molecule has 7 heteroatoms. The molecule has 0 N–H and O–H groups in total. The summed E-state index contributed by atoms with van der Waals surface area (Å²) in [6.45, 7) is 4.03. The normalized spacial score (nSPS) is 18.9. The van der Waals surface area contributed by atoms with Crippen molar-refractivity contribution in [2.75, 3.05) is 0 Å². The predicted octanol–water partition coefficient (Wildman–Crippen LogP) is 10.6. The highest BCUT2D eigenvalue weighted by Crippen LogP contribution is 2.42. The molecule has 0 unspecified atom stereocenters. The summed E-state index contributed by atoms with van der Waals surface area (Å²) in [6.07, 6.45) is 3.66. The standard InChI is InChI=1S/C30H36F6O/c1-3-5-7-9-21-11-13-22(14-12-21)23-15-18-25(19-16-23)37-30(35,36)26-20-17-24(10-8-6-4-2)27(28(26)31)29(32,33)34/h8,10,15-22H,3-7,9,11-14H2,1-2H3. The maximum atomic E-state index is 14.9. The number of ether oxygens (including phenoxy) is 1. The van der Waals surface area contributed by atoms with Crippen molar-refractivity contribution in [2.24, 2.45) is 5.92 Å². The number of halogens is 6. The van der Waals surface area contributed by atoms with Gasteiger partial charge in [0.15, 0.2) is 0 Å². The molecule has 1 aliphatic carbocycles. The molecule has 0 saturated heterocycles. The second kappa shape index (κ2) is 12.9. The summed E-state index contributed by atoms with van der Waals surface area (Å²) < 4.78 is 90.1. The Labute approximate surface area is 215 Å². The smallest absolute Gasteiger partial charge is 0.429 e. The molecule has 0 atom stereocenters. The zero-order chi connectivity index (χ0) is 27.1. The molecule has 0 spiro atoms. The molecular weight excluding hydrogens is 490 g/mol. The lowest BCUT2D eigenvalue weighted by Crippen LogP contribution is -2.25. The minimum Gasteiger partial charge on any atom is -0.429 e. The second-order valence-electron chi connectivity index (χ2n) is 9.98. The molecule has 0 heterocycles. The third kappa shape index (κ3) is 7.78. The van der Waals surface area contributed by atoms with Crippen LogP contribution in [0.25, 0.3) is 6.08 Å². The van der Waals surface area contributed by atoms with Crippen LogP contribution in [-0.4, -0.2) is 0 Å². The van der Waals surface area contributed by atoms with Gasteiger partial charge in [0.25, 0.3) is 0 Å².